The summed E-state index contributed by atoms with van der Waals surface area (Å²) in [5, 5.41) is 11.3. The first-order valence-electron chi connectivity index (χ1n) is 4.90. The van der Waals surface area contributed by atoms with Gasteiger partial charge in [-0.05, 0) is 31.5 Å². The van der Waals surface area contributed by atoms with Crippen LogP contribution in [0.15, 0.2) is 24.3 Å². The third kappa shape index (κ3) is 3.06. The molecule has 0 bridgehead atoms. The van der Waals surface area contributed by atoms with Crippen LogP contribution in [-0.2, 0) is 11.3 Å². The molecule has 0 fully saturated rings. The molecule has 0 saturated heterocycles. The number of carbonyl (C=O) groups excluding carboxylic acids is 1. The summed E-state index contributed by atoms with van der Waals surface area (Å²) >= 11 is 0. The molecule has 3 nitrogen and oxygen atoms in total. The summed E-state index contributed by atoms with van der Waals surface area (Å²) in [4.78, 5) is 11.5. The van der Waals surface area contributed by atoms with Gasteiger partial charge in [-0.3, -0.25) is 4.79 Å². The Morgan fingerprint density at radius 2 is 2.25 bits per heavy atom. The summed E-state index contributed by atoms with van der Waals surface area (Å²) < 4.78 is 12.8. The van der Waals surface area contributed by atoms with Crippen molar-refractivity contribution in [2.75, 3.05) is 0 Å². The Kier molecular flexibility index (Phi) is 3.62. The lowest BCUT2D eigenvalue weighted by atomic mass is 9.95. The van der Waals surface area contributed by atoms with Gasteiger partial charge in [0.05, 0.1) is 6.07 Å². The second-order valence-electron chi connectivity index (χ2n) is 4.05. The third-order valence-electron chi connectivity index (χ3n) is 2.19. The van der Waals surface area contributed by atoms with Crippen LogP contribution < -0.4 is 5.32 Å². The van der Waals surface area contributed by atoms with Gasteiger partial charge in [0.1, 0.15) is 11.2 Å². The number of rotatable bonds is 3. The van der Waals surface area contributed by atoms with Gasteiger partial charge in [0.15, 0.2) is 0 Å². The minimum atomic E-state index is -1.06. The van der Waals surface area contributed by atoms with Gasteiger partial charge in [-0.2, -0.15) is 5.26 Å². The highest BCUT2D eigenvalue weighted by Crippen LogP contribution is 2.13. The molecule has 1 rings (SSSR count). The molecule has 1 N–H and O–H groups in total. The molecule has 0 radical (unpaired) electrons. The standard InChI is InChI=1S/C12H13FN2O/c1-12(2,8-14)11(16)15-7-9-4-3-5-10(13)6-9/h3-6H,7H2,1-2H3,(H,15,16). The Morgan fingerprint density at radius 3 is 2.81 bits per heavy atom. The van der Waals surface area contributed by atoms with E-state index in [1.54, 1.807) is 12.1 Å². The quantitative estimate of drug-likeness (QED) is 0.846. The van der Waals surface area contributed by atoms with E-state index in [0.717, 1.165) is 0 Å². The minimum absolute atomic E-state index is 0.224. The number of hydrogen-bond donors (Lipinski definition) is 1. The van der Waals surface area contributed by atoms with Crippen molar-refractivity contribution in [3.8, 4) is 6.07 Å². The molecule has 0 unspecified atom stereocenters. The molecule has 0 atom stereocenters. The van der Waals surface area contributed by atoms with E-state index >= 15 is 0 Å². The smallest absolute Gasteiger partial charge is 0.240 e. The lowest BCUT2D eigenvalue weighted by molar-refractivity contribution is -0.126. The first-order valence-corrected chi connectivity index (χ1v) is 4.90. The van der Waals surface area contributed by atoms with E-state index in [4.69, 9.17) is 5.26 Å². The predicted molar refractivity (Wildman–Crippen MR) is 57.6 cm³/mol. The molecule has 1 aromatic carbocycles. The summed E-state index contributed by atoms with van der Waals surface area (Å²) in [5.41, 5.74) is -0.394. The first kappa shape index (κ1) is 12.2. The number of nitrogens with one attached hydrogen (secondary N) is 1. The van der Waals surface area contributed by atoms with Crippen molar-refractivity contribution < 1.29 is 9.18 Å². The van der Waals surface area contributed by atoms with Crippen molar-refractivity contribution in [3.63, 3.8) is 0 Å². The normalized spacial score (nSPS) is 10.6. The molecule has 0 aromatic heterocycles. The van der Waals surface area contributed by atoms with E-state index in [2.05, 4.69) is 5.32 Å². The van der Waals surface area contributed by atoms with Crippen LogP contribution >= 0.6 is 0 Å². The van der Waals surface area contributed by atoms with E-state index in [1.165, 1.54) is 26.0 Å². The Balaban J connectivity index is 2.60. The Labute approximate surface area is 93.9 Å². The molecule has 0 spiro atoms. The molecular weight excluding hydrogens is 207 g/mol. The zero-order valence-corrected chi connectivity index (χ0v) is 9.25. The monoisotopic (exact) mass is 220 g/mol. The maximum atomic E-state index is 12.8. The Bertz CT molecular complexity index is 435. The summed E-state index contributed by atoms with van der Waals surface area (Å²) in [7, 11) is 0. The van der Waals surface area contributed by atoms with Crippen LogP contribution in [0.25, 0.3) is 0 Å². The molecule has 1 amide bonds. The SMILES string of the molecule is CC(C)(C#N)C(=O)NCc1cccc(F)c1. The van der Waals surface area contributed by atoms with Crippen LogP contribution in [0.4, 0.5) is 4.39 Å². The average Bonchev–Trinajstić information content (AvgIpc) is 2.26. The Hall–Kier alpha value is -1.89. The van der Waals surface area contributed by atoms with Gasteiger partial charge in [-0.1, -0.05) is 12.1 Å². The van der Waals surface area contributed by atoms with Crippen LogP contribution in [0.5, 0.6) is 0 Å². The minimum Gasteiger partial charge on any atom is -0.351 e. The van der Waals surface area contributed by atoms with E-state index in [0.29, 0.717) is 5.56 Å². The van der Waals surface area contributed by atoms with E-state index in [-0.39, 0.29) is 18.3 Å². The molecule has 0 saturated carbocycles. The highest BCUT2D eigenvalue weighted by molar-refractivity contribution is 5.84. The summed E-state index contributed by atoms with van der Waals surface area (Å²) in [6.07, 6.45) is 0. The highest BCUT2D eigenvalue weighted by Gasteiger charge is 2.26. The van der Waals surface area contributed by atoms with Crippen LogP contribution in [0.3, 0.4) is 0 Å². The fourth-order valence-electron chi connectivity index (χ4n) is 1.10. The van der Waals surface area contributed by atoms with Gasteiger partial charge in [0.25, 0.3) is 0 Å². The van der Waals surface area contributed by atoms with Crippen molar-refractivity contribution >= 4 is 5.91 Å². The zero-order valence-electron chi connectivity index (χ0n) is 9.25. The van der Waals surface area contributed by atoms with E-state index < -0.39 is 5.41 Å². The second kappa shape index (κ2) is 4.75. The molecule has 84 valence electrons. The van der Waals surface area contributed by atoms with Gasteiger partial charge in [-0.25, -0.2) is 4.39 Å². The van der Waals surface area contributed by atoms with E-state index in [9.17, 15) is 9.18 Å². The molecule has 0 aliphatic carbocycles. The molecule has 16 heavy (non-hydrogen) atoms. The summed E-state index contributed by atoms with van der Waals surface area (Å²) in [6.45, 7) is 3.30. The third-order valence-corrected chi connectivity index (χ3v) is 2.19. The van der Waals surface area contributed by atoms with Crippen LogP contribution in [0.2, 0.25) is 0 Å². The largest absolute Gasteiger partial charge is 0.351 e. The molecule has 0 aliphatic heterocycles. The van der Waals surface area contributed by atoms with Crippen molar-refractivity contribution in [3.05, 3.63) is 35.6 Å². The number of benzene rings is 1. The number of halogens is 1. The lowest BCUT2D eigenvalue weighted by Gasteiger charge is -2.14. The van der Waals surface area contributed by atoms with Crippen molar-refractivity contribution in [1.29, 1.82) is 5.26 Å². The van der Waals surface area contributed by atoms with Gasteiger partial charge in [0, 0.05) is 6.54 Å². The molecular formula is C12H13FN2O. The maximum absolute atomic E-state index is 12.8. The van der Waals surface area contributed by atoms with Gasteiger partial charge >= 0.3 is 0 Å². The topological polar surface area (TPSA) is 52.9 Å². The van der Waals surface area contributed by atoms with Crippen molar-refractivity contribution in [2.24, 2.45) is 5.41 Å². The fourth-order valence-corrected chi connectivity index (χ4v) is 1.10. The summed E-state index contributed by atoms with van der Waals surface area (Å²) in [5.74, 6) is -0.703. The van der Waals surface area contributed by atoms with Gasteiger partial charge < -0.3 is 5.32 Å². The Morgan fingerprint density at radius 1 is 1.56 bits per heavy atom. The van der Waals surface area contributed by atoms with Crippen molar-refractivity contribution in [1.82, 2.24) is 5.32 Å². The molecule has 4 heteroatoms. The number of carbonyl (C=O) groups is 1. The lowest BCUT2D eigenvalue weighted by Crippen LogP contribution is -2.35. The zero-order chi connectivity index (χ0) is 12.2. The highest BCUT2D eigenvalue weighted by atomic mass is 19.1. The first-order chi connectivity index (χ1) is 7.45. The number of hydrogen-bond acceptors (Lipinski definition) is 2. The molecule has 1 aromatic rings. The predicted octanol–water partition coefficient (Wildman–Crippen LogP) is 1.99. The van der Waals surface area contributed by atoms with E-state index in [1.807, 2.05) is 6.07 Å². The maximum Gasteiger partial charge on any atom is 0.240 e. The number of nitrogens with zero attached hydrogens (tertiary/aromatic N) is 1. The summed E-state index contributed by atoms with van der Waals surface area (Å²) in [6, 6.07) is 7.87. The molecule has 0 heterocycles. The number of amides is 1. The van der Waals surface area contributed by atoms with Crippen LogP contribution in [0.1, 0.15) is 19.4 Å². The number of nitriles is 1. The fraction of sp³-hybridized carbons (Fsp3) is 0.333. The second-order valence-corrected chi connectivity index (χ2v) is 4.05. The van der Waals surface area contributed by atoms with Crippen molar-refractivity contribution in [2.45, 2.75) is 20.4 Å². The van der Waals surface area contributed by atoms with Gasteiger partial charge in [0.2, 0.25) is 5.91 Å². The molecule has 0 aliphatic rings. The van der Waals surface area contributed by atoms with Crippen LogP contribution in [0, 0.1) is 22.6 Å². The van der Waals surface area contributed by atoms with Gasteiger partial charge in [-0.15, -0.1) is 0 Å². The average molecular weight is 220 g/mol. The van der Waals surface area contributed by atoms with Crippen LogP contribution in [-0.4, -0.2) is 5.91 Å².